The van der Waals surface area contributed by atoms with Crippen LogP contribution in [0.3, 0.4) is 0 Å². The molecule has 0 saturated carbocycles. The predicted octanol–water partition coefficient (Wildman–Crippen LogP) is 0.644. The first-order valence-electron chi connectivity index (χ1n) is 5.31. The molecule has 0 bridgehead atoms. The van der Waals surface area contributed by atoms with E-state index in [1.54, 1.807) is 0 Å². The predicted molar refractivity (Wildman–Crippen MR) is 65.7 cm³/mol. The van der Waals surface area contributed by atoms with Gasteiger partial charge >= 0.3 is 6.03 Å². The molecule has 5 nitrogen and oxygen atoms in total. The van der Waals surface area contributed by atoms with Crippen molar-refractivity contribution in [1.82, 2.24) is 10.2 Å². The van der Waals surface area contributed by atoms with E-state index in [9.17, 15) is 4.79 Å². The number of urea groups is 1. The molecule has 0 atom stereocenters. The maximum Gasteiger partial charge on any atom is 0.317 e. The van der Waals surface area contributed by atoms with Gasteiger partial charge in [0.1, 0.15) is 5.00 Å². The quantitative estimate of drug-likeness (QED) is 0.726. The van der Waals surface area contributed by atoms with Crippen LogP contribution >= 0.6 is 11.3 Å². The third-order valence-corrected chi connectivity index (χ3v) is 3.46. The van der Waals surface area contributed by atoms with Crippen molar-refractivity contribution < 1.29 is 4.79 Å². The van der Waals surface area contributed by atoms with Gasteiger partial charge in [-0.05, 0) is 11.4 Å². The number of nitrogens with two attached hydrogens (primary N) is 1. The van der Waals surface area contributed by atoms with Crippen LogP contribution in [-0.2, 0) is 6.54 Å². The molecule has 1 aliphatic heterocycles. The number of anilines is 1. The fourth-order valence-corrected chi connectivity index (χ4v) is 2.60. The SMILES string of the molecule is NC(=O)Nc1sccc1CN1CCNCC1. The first-order chi connectivity index (χ1) is 7.75. The summed E-state index contributed by atoms with van der Waals surface area (Å²) in [5.41, 5.74) is 6.26. The van der Waals surface area contributed by atoms with Crippen LogP contribution in [0.2, 0.25) is 0 Å². The first-order valence-corrected chi connectivity index (χ1v) is 6.19. The molecule has 4 N–H and O–H groups in total. The summed E-state index contributed by atoms with van der Waals surface area (Å²) in [7, 11) is 0. The fraction of sp³-hybridized carbons (Fsp3) is 0.500. The number of primary amides is 1. The number of thiophene rings is 1. The summed E-state index contributed by atoms with van der Waals surface area (Å²) in [6, 6.07) is 1.54. The summed E-state index contributed by atoms with van der Waals surface area (Å²) in [5.74, 6) is 0. The van der Waals surface area contributed by atoms with Crippen LogP contribution in [0.25, 0.3) is 0 Å². The summed E-state index contributed by atoms with van der Waals surface area (Å²) in [6.45, 7) is 5.03. The Morgan fingerprint density at radius 3 is 3.00 bits per heavy atom. The molecule has 6 heteroatoms. The van der Waals surface area contributed by atoms with E-state index >= 15 is 0 Å². The molecule has 0 unspecified atom stereocenters. The van der Waals surface area contributed by atoms with Gasteiger partial charge in [-0.15, -0.1) is 11.3 Å². The van der Waals surface area contributed by atoms with Gasteiger partial charge in [-0.1, -0.05) is 0 Å². The zero-order chi connectivity index (χ0) is 11.4. The van der Waals surface area contributed by atoms with Gasteiger partial charge in [0.15, 0.2) is 0 Å². The fourth-order valence-electron chi connectivity index (χ4n) is 1.79. The summed E-state index contributed by atoms with van der Waals surface area (Å²) in [6.07, 6.45) is 0. The Balaban J connectivity index is 1.97. The van der Waals surface area contributed by atoms with Gasteiger partial charge in [-0.2, -0.15) is 0 Å². The van der Waals surface area contributed by atoms with Crippen molar-refractivity contribution in [3.8, 4) is 0 Å². The molecule has 1 aliphatic rings. The molecule has 2 rings (SSSR count). The number of piperazine rings is 1. The van der Waals surface area contributed by atoms with Gasteiger partial charge in [0.25, 0.3) is 0 Å². The molecule has 1 fully saturated rings. The number of nitrogens with zero attached hydrogens (tertiary/aromatic N) is 1. The van der Waals surface area contributed by atoms with Crippen LogP contribution in [0.1, 0.15) is 5.56 Å². The van der Waals surface area contributed by atoms with Crippen molar-refractivity contribution in [2.45, 2.75) is 6.54 Å². The Bertz CT molecular complexity index is 359. The van der Waals surface area contributed by atoms with E-state index < -0.39 is 6.03 Å². The van der Waals surface area contributed by atoms with E-state index in [1.807, 2.05) is 11.4 Å². The highest BCUT2D eigenvalue weighted by molar-refractivity contribution is 7.14. The highest BCUT2D eigenvalue weighted by Gasteiger charge is 2.13. The van der Waals surface area contributed by atoms with Crippen LogP contribution in [0.4, 0.5) is 9.80 Å². The molecular weight excluding hydrogens is 224 g/mol. The zero-order valence-electron chi connectivity index (χ0n) is 9.03. The minimum Gasteiger partial charge on any atom is -0.351 e. The van der Waals surface area contributed by atoms with Crippen molar-refractivity contribution in [2.75, 3.05) is 31.5 Å². The maximum absolute atomic E-state index is 10.8. The van der Waals surface area contributed by atoms with Crippen LogP contribution in [0, 0.1) is 0 Å². The van der Waals surface area contributed by atoms with Crippen LogP contribution in [0.5, 0.6) is 0 Å². The number of carbonyl (C=O) groups excluding carboxylic acids is 1. The van der Waals surface area contributed by atoms with E-state index in [2.05, 4.69) is 15.5 Å². The average Bonchev–Trinajstić information content (AvgIpc) is 2.66. The topological polar surface area (TPSA) is 70.4 Å². The second-order valence-electron chi connectivity index (χ2n) is 3.79. The minimum atomic E-state index is -0.496. The van der Waals surface area contributed by atoms with Gasteiger partial charge in [-0.25, -0.2) is 4.79 Å². The zero-order valence-corrected chi connectivity index (χ0v) is 9.85. The summed E-state index contributed by atoms with van der Waals surface area (Å²) >= 11 is 1.51. The van der Waals surface area contributed by atoms with Crippen molar-refractivity contribution in [1.29, 1.82) is 0 Å². The van der Waals surface area contributed by atoms with Crippen molar-refractivity contribution in [3.05, 3.63) is 17.0 Å². The Morgan fingerprint density at radius 1 is 1.56 bits per heavy atom. The number of rotatable bonds is 3. The number of hydrogen-bond donors (Lipinski definition) is 3. The molecular formula is C10H16N4OS. The molecule has 0 radical (unpaired) electrons. The van der Waals surface area contributed by atoms with Crippen LogP contribution < -0.4 is 16.4 Å². The van der Waals surface area contributed by atoms with Crippen molar-refractivity contribution >= 4 is 22.4 Å². The van der Waals surface area contributed by atoms with Gasteiger partial charge in [0, 0.05) is 38.3 Å². The maximum atomic E-state index is 10.8. The Hall–Kier alpha value is -1.11. The van der Waals surface area contributed by atoms with E-state index in [0.717, 1.165) is 43.3 Å². The lowest BCUT2D eigenvalue weighted by molar-refractivity contribution is 0.233. The van der Waals surface area contributed by atoms with E-state index in [1.165, 1.54) is 11.3 Å². The minimum absolute atomic E-state index is 0.496. The highest BCUT2D eigenvalue weighted by atomic mass is 32.1. The van der Waals surface area contributed by atoms with Crippen molar-refractivity contribution in [3.63, 3.8) is 0 Å². The monoisotopic (exact) mass is 240 g/mol. The lowest BCUT2D eigenvalue weighted by Crippen LogP contribution is -2.42. The molecule has 1 aromatic heterocycles. The Morgan fingerprint density at radius 2 is 2.31 bits per heavy atom. The number of carbonyl (C=O) groups is 1. The first kappa shape index (κ1) is 11.4. The van der Waals surface area contributed by atoms with Crippen LogP contribution in [0.15, 0.2) is 11.4 Å². The molecule has 1 saturated heterocycles. The molecule has 2 heterocycles. The van der Waals surface area contributed by atoms with Gasteiger partial charge < -0.3 is 11.1 Å². The largest absolute Gasteiger partial charge is 0.351 e. The molecule has 0 aromatic carbocycles. The molecule has 0 spiro atoms. The second-order valence-corrected chi connectivity index (χ2v) is 4.71. The Kier molecular flexibility index (Phi) is 3.76. The normalized spacial score (nSPS) is 17.2. The summed E-state index contributed by atoms with van der Waals surface area (Å²) < 4.78 is 0. The standard InChI is InChI=1S/C10H16N4OS/c11-10(15)13-9-8(1-6-16-9)7-14-4-2-12-3-5-14/h1,6,12H,2-5,7H2,(H3,11,13,15). The number of hydrogen-bond acceptors (Lipinski definition) is 4. The van der Waals surface area contributed by atoms with E-state index in [-0.39, 0.29) is 0 Å². The number of amides is 2. The lowest BCUT2D eigenvalue weighted by atomic mass is 10.2. The van der Waals surface area contributed by atoms with E-state index in [4.69, 9.17) is 5.73 Å². The third kappa shape index (κ3) is 2.94. The highest BCUT2D eigenvalue weighted by Crippen LogP contribution is 2.24. The second kappa shape index (κ2) is 5.29. The molecule has 0 aliphatic carbocycles. The molecule has 88 valence electrons. The number of nitrogens with one attached hydrogen (secondary N) is 2. The van der Waals surface area contributed by atoms with Crippen molar-refractivity contribution in [2.24, 2.45) is 5.73 Å². The smallest absolute Gasteiger partial charge is 0.317 e. The molecule has 16 heavy (non-hydrogen) atoms. The lowest BCUT2D eigenvalue weighted by Gasteiger charge is -2.27. The average molecular weight is 240 g/mol. The van der Waals surface area contributed by atoms with Gasteiger partial charge in [0.05, 0.1) is 0 Å². The Labute approximate surface area is 98.6 Å². The summed E-state index contributed by atoms with van der Waals surface area (Å²) in [4.78, 5) is 13.2. The molecule has 1 aromatic rings. The molecule has 2 amide bonds. The summed E-state index contributed by atoms with van der Waals surface area (Å²) in [5, 5.41) is 8.81. The van der Waals surface area contributed by atoms with E-state index in [0.29, 0.717) is 0 Å². The third-order valence-electron chi connectivity index (χ3n) is 2.59. The van der Waals surface area contributed by atoms with Gasteiger partial charge in [-0.3, -0.25) is 10.2 Å². The van der Waals surface area contributed by atoms with Crippen LogP contribution in [-0.4, -0.2) is 37.1 Å². The van der Waals surface area contributed by atoms with Gasteiger partial charge in [0.2, 0.25) is 0 Å².